The molecule has 0 saturated heterocycles. The van der Waals surface area contributed by atoms with Crippen LogP contribution in [0.5, 0.6) is 0 Å². The first-order chi connectivity index (χ1) is 6.06. The Bertz CT molecular complexity index is 176. The molecule has 4 nitrogen and oxygen atoms in total. The Kier molecular flexibility index (Phi) is 5.93. The number of ether oxygens (including phenoxy) is 1. The van der Waals surface area contributed by atoms with Crippen LogP contribution in [0.25, 0.3) is 0 Å². The Hall–Kier alpha value is -1.06. The Morgan fingerprint density at radius 3 is 2.31 bits per heavy atom. The van der Waals surface area contributed by atoms with E-state index in [2.05, 4.69) is 4.74 Å². The van der Waals surface area contributed by atoms with Crippen LogP contribution in [0, 0.1) is 5.92 Å². The molecule has 0 aliphatic carbocycles. The van der Waals surface area contributed by atoms with Gasteiger partial charge in [0, 0.05) is 12.4 Å². The quantitative estimate of drug-likeness (QED) is 0.553. The van der Waals surface area contributed by atoms with E-state index in [1.54, 1.807) is 0 Å². The summed E-state index contributed by atoms with van der Waals surface area (Å²) >= 11 is 0. The molecule has 0 fully saturated rings. The standard InChI is InChI=1S/C9H16O4/c1-7(3-5-8(10)11)4-6-9(12)13-2/h7H,3-6H2,1-2H3,(H,10,11)/p-1/t7-/m1/s1. The lowest BCUT2D eigenvalue weighted by molar-refractivity contribution is -0.306. The summed E-state index contributed by atoms with van der Waals surface area (Å²) in [7, 11) is 1.34. The van der Waals surface area contributed by atoms with E-state index in [1.807, 2.05) is 6.92 Å². The first-order valence-electron chi connectivity index (χ1n) is 4.33. The molecule has 0 bridgehead atoms. The summed E-state index contributed by atoms with van der Waals surface area (Å²) in [6.07, 6.45) is 1.63. The second-order valence-electron chi connectivity index (χ2n) is 3.13. The van der Waals surface area contributed by atoms with Crippen molar-refractivity contribution in [1.82, 2.24) is 0 Å². The minimum Gasteiger partial charge on any atom is -0.550 e. The molecule has 0 aliphatic heterocycles. The van der Waals surface area contributed by atoms with E-state index in [4.69, 9.17) is 0 Å². The van der Waals surface area contributed by atoms with Gasteiger partial charge in [-0.15, -0.1) is 0 Å². The van der Waals surface area contributed by atoms with Gasteiger partial charge in [-0.05, 0) is 25.2 Å². The van der Waals surface area contributed by atoms with Crippen molar-refractivity contribution in [2.45, 2.75) is 32.6 Å². The van der Waals surface area contributed by atoms with Crippen molar-refractivity contribution in [3.8, 4) is 0 Å². The van der Waals surface area contributed by atoms with Crippen LogP contribution in [0.15, 0.2) is 0 Å². The lowest BCUT2D eigenvalue weighted by Crippen LogP contribution is -2.22. The van der Waals surface area contributed by atoms with Gasteiger partial charge in [-0.3, -0.25) is 4.79 Å². The topological polar surface area (TPSA) is 66.4 Å². The zero-order valence-electron chi connectivity index (χ0n) is 8.04. The molecule has 0 N–H and O–H groups in total. The minimum absolute atomic E-state index is 0.0579. The van der Waals surface area contributed by atoms with Crippen LogP contribution < -0.4 is 5.11 Å². The largest absolute Gasteiger partial charge is 0.550 e. The fourth-order valence-corrected chi connectivity index (χ4v) is 0.975. The van der Waals surface area contributed by atoms with Crippen molar-refractivity contribution >= 4 is 11.9 Å². The van der Waals surface area contributed by atoms with Crippen molar-refractivity contribution < 1.29 is 19.4 Å². The number of hydrogen-bond acceptors (Lipinski definition) is 4. The normalized spacial score (nSPS) is 12.2. The van der Waals surface area contributed by atoms with E-state index in [1.165, 1.54) is 7.11 Å². The SMILES string of the molecule is COC(=O)CC[C@H](C)CCC(=O)[O-]. The highest BCUT2D eigenvalue weighted by atomic mass is 16.5. The zero-order valence-corrected chi connectivity index (χ0v) is 8.04. The van der Waals surface area contributed by atoms with Crippen LogP contribution >= 0.6 is 0 Å². The molecule has 0 saturated carbocycles. The van der Waals surface area contributed by atoms with Gasteiger partial charge in [0.1, 0.15) is 0 Å². The van der Waals surface area contributed by atoms with Crippen molar-refractivity contribution in [1.29, 1.82) is 0 Å². The molecule has 13 heavy (non-hydrogen) atoms. The molecule has 0 spiro atoms. The molecule has 0 heterocycles. The Labute approximate surface area is 77.9 Å². The van der Waals surface area contributed by atoms with E-state index in [-0.39, 0.29) is 18.3 Å². The lowest BCUT2D eigenvalue weighted by atomic mass is 10.00. The Balaban J connectivity index is 3.45. The van der Waals surface area contributed by atoms with Crippen LogP contribution in [0.4, 0.5) is 0 Å². The van der Waals surface area contributed by atoms with Gasteiger partial charge in [0.2, 0.25) is 0 Å². The maximum absolute atomic E-state index is 10.7. The molecule has 0 aromatic carbocycles. The van der Waals surface area contributed by atoms with Gasteiger partial charge in [-0.1, -0.05) is 6.92 Å². The molecular weight excluding hydrogens is 172 g/mol. The number of esters is 1. The molecule has 0 aromatic heterocycles. The third-order valence-electron chi connectivity index (χ3n) is 1.91. The highest BCUT2D eigenvalue weighted by Crippen LogP contribution is 2.12. The van der Waals surface area contributed by atoms with Crippen molar-refractivity contribution in [3.63, 3.8) is 0 Å². The summed E-state index contributed by atoms with van der Waals surface area (Å²) in [5, 5.41) is 10.1. The van der Waals surface area contributed by atoms with E-state index in [0.29, 0.717) is 19.3 Å². The zero-order chi connectivity index (χ0) is 10.3. The number of carboxylic acid groups (broad SMARTS) is 1. The molecule has 0 rings (SSSR count). The van der Waals surface area contributed by atoms with Gasteiger partial charge in [-0.2, -0.15) is 0 Å². The first kappa shape index (κ1) is 11.9. The third-order valence-corrected chi connectivity index (χ3v) is 1.91. The van der Waals surface area contributed by atoms with E-state index in [0.717, 1.165) is 0 Å². The highest BCUT2D eigenvalue weighted by molar-refractivity contribution is 5.69. The van der Waals surface area contributed by atoms with Crippen molar-refractivity contribution in [2.75, 3.05) is 7.11 Å². The Morgan fingerprint density at radius 1 is 1.31 bits per heavy atom. The molecular formula is C9H15O4-. The number of carbonyl (C=O) groups excluding carboxylic acids is 2. The van der Waals surface area contributed by atoms with Gasteiger partial charge in [0.25, 0.3) is 0 Å². The smallest absolute Gasteiger partial charge is 0.305 e. The molecule has 0 unspecified atom stereocenters. The van der Waals surface area contributed by atoms with E-state index < -0.39 is 5.97 Å². The van der Waals surface area contributed by atoms with E-state index in [9.17, 15) is 14.7 Å². The number of rotatable bonds is 6. The third kappa shape index (κ3) is 7.31. The monoisotopic (exact) mass is 187 g/mol. The van der Waals surface area contributed by atoms with Crippen molar-refractivity contribution in [3.05, 3.63) is 0 Å². The fourth-order valence-electron chi connectivity index (χ4n) is 0.975. The maximum atomic E-state index is 10.7. The summed E-state index contributed by atoms with van der Waals surface area (Å²) in [6, 6.07) is 0. The van der Waals surface area contributed by atoms with E-state index >= 15 is 0 Å². The van der Waals surface area contributed by atoms with Crippen LogP contribution in [-0.4, -0.2) is 19.0 Å². The van der Waals surface area contributed by atoms with Gasteiger partial charge < -0.3 is 14.6 Å². The predicted molar refractivity (Wildman–Crippen MR) is 44.7 cm³/mol. The number of carboxylic acids is 1. The second-order valence-corrected chi connectivity index (χ2v) is 3.13. The van der Waals surface area contributed by atoms with Crippen LogP contribution in [0.1, 0.15) is 32.6 Å². The van der Waals surface area contributed by atoms with Gasteiger partial charge in [-0.25, -0.2) is 0 Å². The average Bonchev–Trinajstić information content (AvgIpc) is 2.10. The number of aliphatic carboxylic acids is 1. The fraction of sp³-hybridized carbons (Fsp3) is 0.778. The Morgan fingerprint density at radius 2 is 1.85 bits per heavy atom. The molecule has 1 atom stereocenters. The van der Waals surface area contributed by atoms with Crippen LogP contribution in [0.2, 0.25) is 0 Å². The summed E-state index contributed by atoms with van der Waals surface area (Å²) < 4.78 is 4.46. The first-order valence-corrected chi connectivity index (χ1v) is 4.33. The van der Waals surface area contributed by atoms with Crippen molar-refractivity contribution in [2.24, 2.45) is 5.92 Å². The number of carbonyl (C=O) groups is 2. The molecule has 0 amide bonds. The molecule has 0 aromatic rings. The number of methoxy groups -OCH3 is 1. The van der Waals surface area contributed by atoms with Gasteiger partial charge in [0.05, 0.1) is 7.11 Å². The molecule has 0 radical (unpaired) electrons. The van der Waals surface area contributed by atoms with Gasteiger partial charge >= 0.3 is 5.97 Å². The summed E-state index contributed by atoms with van der Waals surface area (Å²) in [5.74, 6) is -1.07. The summed E-state index contributed by atoms with van der Waals surface area (Å²) in [4.78, 5) is 20.8. The average molecular weight is 187 g/mol. The molecule has 76 valence electrons. The summed E-state index contributed by atoms with van der Waals surface area (Å²) in [6.45, 7) is 1.91. The van der Waals surface area contributed by atoms with Gasteiger partial charge in [0.15, 0.2) is 0 Å². The lowest BCUT2D eigenvalue weighted by Gasteiger charge is -2.10. The highest BCUT2D eigenvalue weighted by Gasteiger charge is 2.06. The van der Waals surface area contributed by atoms with Crippen LogP contribution in [0.3, 0.4) is 0 Å². The minimum atomic E-state index is -1.04. The molecule has 4 heteroatoms. The van der Waals surface area contributed by atoms with Crippen LogP contribution in [-0.2, 0) is 14.3 Å². The predicted octanol–water partition coefficient (Wildman–Crippen LogP) is 0.106. The second kappa shape index (κ2) is 6.46. The molecule has 0 aliphatic rings. The summed E-state index contributed by atoms with van der Waals surface area (Å²) in [5.41, 5.74) is 0. The number of hydrogen-bond donors (Lipinski definition) is 0. The maximum Gasteiger partial charge on any atom is 0.305 e.